The van der Waals surface area contributed by atoms with Gasteiger partial charge in [-0.25, -0.2) is 14.8 Å². The lowest BCUT2D eigenvalue weighted by Gasteiger charge is -2.01. The van der Waals surface area contributed by atoms with E-state index in [1.807, 2.05) is 0 Å². The van der Waals surface area contributed by atoms with Crippen LogP contribution in [0.15, 0.2) is 17.3 Å². The van der Waals surface area contributed by atoms with Gasteiger partial charge in [-0.2, -0.15) is 0 Å². The molecule has 0 radical (unpaired) electrons. The normalized spacial score (nSPS) is 16.5. The molecule has 0 atom stereocenters. The molecule has 1 amide bonds. The summed E-state index contributed by atoms with van der Waals surface area (Å²) >= 11 is 0. The fourth-order valence-corrected chi connectivity index (χ4v) is 1.84. The quantitative estimate of drug-likeness (QED) is 0.782. The first-order valence-corrected chi connectivity index (χ1v) is 5.60. The number of hydrogen-bond acceptors (Lipinski definition) is 4. The molecule has 1 fully saturated rings. The zero-order valence-electron chi connectivity index (χ0n) is 9.33. The van der Waals surface area contributed by atoms with E-state index in [1.54, 1.807) is 12.3 Å². The SMILES string of the molecule is O=C(O)Nc1nccc(C=NC2CCCC2)n1. The maximum absolute atomic E-state index is 10.4. The molecule has 1 aromatic rings. The van der Waals surface area contributed by atoms with Crippen LogP contribution in [0.1, 0.15) is 31.4 Å². The predicted octanol–water partition coefficient (Wildman–Crippen LogP) is 1.93. The number of carboxylic acid groups (broad SMARTS) is 1. The van der Waals surface area contributed by atoms with Gasteiger partial charge < -0.3 is 5.11 Å². The lowest BCUT2D eigenvalue weighted by Crippen LogP contribution is -2.11. The number of rotatable bonds is 3. The van der Waals surface area contributed by atoms with Crippen molar-refractivity contribution < 1.29 is 9.90 Å². The fraction of sp³-hybridized carbons (Fsp3) is 0.455. The van der Waals surface area contributed by atoms with Crippen LogP contribution in [0.2, 0.25) is 0 Å². The highest BCUT2D eigenvalue weighted by Crippen LogP contribution is 2.20. The van der Waals surface area contributed by atoms with Gasteiger partial charge in [-0.05, 0) is 18.9 Å². The van der Waals surface area contributed by atoms with Gasteiger partial charge in [-0.3, -0.25) is 10.3 Å². The van der Waals surface area contributed by atoms with Gasteiger partial charge in [0.1, 0.15) is 0 Å². The topological polar surface area (TPSA) is 87.5 Å². The number of nitrogens with zero attached hydrogens (tertiary/aromatic N) is 3. The highest BCUT2D eigenvalue weighted by Gasteiger charge is 2.12. The Labute approximate surface area is 98.8 Å². The lowest BCUT2D eigenvalue weighted by molar-refractivity contribution is 0.209. The van der Waals surface area contributed by atoms with Crippen LogP contribution >= 0.6 is 0 Å². The molecule has 0 saturated heterocycles. The minimum atomic E-state index is -1.17. The van der Waals surface area contributed by atoms with Gasteiger partial charge in [0.25, 0.3) is 0 Å². The van der Waals surface area contributed by atoms with Gasteiger partial charge in [-0.1, -0.05) is 12.8 Å². The van der Waals surface area contributed by atoms with Crippen molar-refractivity contribution in [3.63, 3.8) is 0 Å². The monoisotopic (exact) mass is 234 g/mol. The molecular formula is C11H14N4O2. The Hall–Kier alpha value is -1.98. The second-order valence-corrected chi connectivity index (χ2v) is 3.95. The third-order valence-corrected chi connectivity index (χ3v) is 2.64. The molecule has 1 saturated carbocycles. The maximum atomic E-state index is 10.4. The predicted molar refractivity (Wildman–Crippen MR) is 63.5 cm³/mol. The molecule has 0 aliphatic heterocycles. The van der Waals surface area contributed by atoms with E-state index in [0.717, 1.165) is 12.8 Å². The molecule has 6 nitrogen and oxygen atoms in total. The first-order valence-electron chi connectivity index (χ1n) is 5.60. The van der Waals surface area contributed by atoms with Crippen LogP contribution in [0.3, 0.4) is 0 Å². The van der Waals surface area contributed by atoms with E-state index < -0.39 is 6.09 Å². The maximum Gasteiger partial charge on any atom is 0.411 e. The summed E-state index contributed by atoms with van der Waals surface area (Å²) in [5.41, 5.74) is 0.621. The Bertz CT molecular complexity index is 427. The summed E-state index contributed by atoms with van der Waals surface area (Å²) < 4.78 is 0. The summed E-state index contributed by atoms with van der Waals surface area (Å²) in [6.07, 6.45) is 6.74. The van der Waals surface area contributed by atoms with Gasteiger partial charge in [0, 0.05) is 12.4 Å². The van der Waals surface area contributed by atoms with E-state index in [9.17, 15) is 4.79 Å². The van der Waals surface area contributed by atoms with Crippen LogP contribution in [-0.2, 0) is 0 Å². The highest BCUT2D eigenvalue weighted by atomic mass is 16.4. The van der Waals surface area contributed by atoms with Crippen molar-refractivity contribution in [3.8, 4) is 0 Å². The second kappa shape index (κ2) is 5.38. The van der Waals surface area contributed by atoms with E-state index in [1.165, 1.54) is 19.0 Å². The number of anilines is 1. The summed E-state index contributed by atoms with van der Waals surface area (Å²) in [4.78, 5) is 22.7. The molecule has 1 aromatic heterocycles. The van der Waals surface area contributed by atoms with E-state index >= 15 is 0 Å². The molecule has 1 aliphatic rings. The second-order valence-electron chi connectivity index (χ2n) is 3.95. The number of aromatic nitrogens is 2. The van der Waals surface area contributed by atoms with Crippen molar-refractivity contribution >= 4 is 18.3 Å². The van der Waals surface area contributed by atoms with Crippen LogP contribution in [0.25, 0.3) is 0 Å². The summed E-state index contributed by atoms with van der Waals surface area (Å²) in [7, 11) is 0. The average molecular weight is 234 g/mol. The smallest absolute Gasteiger partial charge is 0.411 e. The van der Waals surface area contributed by atoms with Gasteiger partial charge in [-0.15, -0.1) is 0 Å². The molecule has 17 heavy (non-hydrogen) atoms. The van der Waals surface area contributed by atoms with Crippen LogP contribution in [0.4, 0.5) is 10.7 Å². The molecule has 0 bridgehead atoms. The van der Waals surface area contributed by atoms with Crippen molar-refractivity contribution in [2.24, 2.45) is 4.99 Å². The number of aliphatic imine (C=N–C) groups is 1. The van der Waals surface area contributed by atoms with Crippen molar-refractivity contribution in [2.45, 2.75) is 31.7 Å². The molecule has 0 spiro atoms. The zero-order valence-corrected chi connectivity index (χ0v) is 9.33. The first kappa shape index (κ1) is 11.5. The minimum absolute atomic E-state index is 0.0767. The number of hydrogen-bond donors (Lipinski definition) is 2. The summed E-state index contributed by atoms with van der Waals surface area (Å²) in [6.45, 7) is 0. The summed E-state index contributed by atoms with van der Waals surface area (Å²) in [6, 6.07) is 2.09. The highest BCUT2D eigenvalue weighted by molar-refractivity contribution is 5.82. The van der Waals surface area contributed by atoms with E-state index in [0.29, 0.717) is 11.7 Å². The van der Waals surface area contributed by atoms with Crippen molar-refractivity contribution in [2.75, 3.05) is 5.32 Å². The van der Waals surface area contributed by atoms with Crippen LogP contribution in [0, 0.1) is 0 Å². The van der Waals surface area contributed by atoms with Crippen LogP contribution in [0.5, 0.6) is 0 Å². The largest absolute Gasteiger partial charge is 0.465 e. The molecule has 2 N–H and O–H groups in total. The van der Waals surface area contributed by atoms with Gasteiger partial charge >= 0.3 is 6.09 Å². The van der Waals surface area contributed by atoms with Gasteiger partial charge in [0.05, 0.1) is 11.7 Å². The van der Waals surface area contributed by atoms with Crippen LogP contribution < -0.4 is 5.32 Å². The Kier molecular flexibility index (Phi) is 3.64. The number of amides is 1. The van der Waals surface area contributed by atoms with E-state index in [-0.39, 0.29) is 5.95 Å². The van der Waals surface area contributed by atoms with Gasteiger partial charge in [0.2, 0.25) is 5.95 Å². The molecule has 0 aromatic carbocycles. The molecular weight excluding hydrogens is 220 g/mol. The van der Waals surface area contributed by atoms with Gasteiger partial charge in [0.15, 0.2) is 0 Å². The average Bonchev–Trinajstić information content (AvgIpc) is 2.79. The Balaban J connectivity index is 2.02. The summed E-state index contributed by atoms with van der Waals surface area (Å²) in [5, 5.41) is 10.6. The van der Waals surface area contributed by atoms with Crippen molar-refractivity contribution in [3.05, 3.63) is 18.0 Å². The molecule has 6 heteroatoms. The number of nitrogens with one attached hydrogen (secondary N) is 1. The minimum Gasteiger partial charge on any atom is -0.465 e. The van der Waals surface area contributed by atoms with Crippen molar-refractivity contribution in [1.82, 2.24) is 9.97 Å². The number of carbonyl (C=O) groups is 1. The molecule has 90 valence electrons. The zero-order chi connectivity index (χ0) is 12.1. The molecule has 1 heterocycles. The third-order valence-electron chi connectivity index (χ3n) is 2.64. The van der Waals surface area contributed by atoms with E-state index in [2.05, 4.69) is 20.3 Å². The summed E-state index contributed by atoms with van der Waals surface area (Å²) in [5.74, 6) is 0.0767. The fourth-order valence-electron chi connectivity index (χ4n) is 1.84. The molecule has 0 unspecified atom stereocenters. The van der Waals surface area contributed by atoms with Crippen molar-refractivity contribution in [1.29, 1.82) is 0 Å². The molecule has 2 rings (SSSR count). The first-order chi connectivity index (χ1) is 8.24. The Morgan fingerprint density at radius 3 is 3.00 bits per heavy atom. The van der Waals surface area contributed by atoms with E-state index in [4.69, 9.17) is 5.11 Å². The Morgan fingerprint density at radius 2 is 2.29 bits per heavy atom. The third kappa shape index (κ3) is 3.51. The molecule has 1 aliphatic carbocycles. The standard InChI is InChI=1S/C11H14N4O2/c16-11(17)15-10-12-6-5-9(14-10)7-13-8-3-1-2-4-8/h5-8H,1-4H2,(H,16,17)(H,12,14,15). The van der Waals surface area contributed by atoms with Crippen LogP contribution in [-0.4, -0.2) is 33.4 Å². The lowest BCUT2D eigenvalue weighted by atomic mass is 10.3. The Morgan fingerprint density at radius 1 is 1.53 bits per heavy atom.